The zero-order valence-electron chi connectivity index (χ0n) is 17.0. The second kappa shape index (κ2) is 8.17. The molecule has 0 bridgehead atoms. The maximum atomic E-state index is 13.3. The number of carbonyl (C=O) groups is 1. The summed E-state index contributed by atoms with van der Waals surface area (Å²) in [6.45, 7) is 1.41. The van der Waals surface area contributed by atoms with Crippen LogP contribution >= 0.6 is 11.8 Å². The molecule has 1 fully saturated rings. The molecule has 3 heterocycles. The van der Waals surface area contributed by atoms with Crippen molar-refractivity contribution in [3.8, 4) is 0 Å². The molecule has 1 saturated heterocycles. The van der Waals surface area contributed by atoms with Crippen LogP contribution in [0.2, 0.25) is 0 Å². The van der Waals surface area contributed by atoms with E-state index in [2.05, 4.69) is 0 Å². The van der Waals surface area contributed by atoms with Crippen molar-refractivity contribution >= 4 is 17.7 Å². The quantitative estimate of drug-likeness (QED) is 0.701. The van der Waals surface area contributed by atoms with Gasteiger partial charge in [-0.3, -0.25) is 14.2 Å². The minimum absolute atomic E-state index is 0.0651. The molecule has 0 saturated carbocycles. The van der Waals surface area contributed by atoms with Gasteiger partial charge in [0.2, 0.25) is 5.91 Å². The fourth-order valence-electron chi connectivity index (χ4n) is 5.01. The van der Waals surface area contributed by atoms with E-state index < -0.39 is 0 Å². The van der Waals surface area contributed by atoms with E-state index in [-0.39, 0.29) is 29.2 Å². The number of rotatable bonds is 3. The first kappa shape index (κ1) is 19.8. The number of nitrogens with zero attached hydrogens (tertiary/aromatic N) is 3. The van der Waals surface area contributed by atoms with Gasteiger partial charge in [0, 0.05) is 36.7 Å². The third kappa shape index (κ3) is 3.68. The number of halogens is 1. The van der Waals surface area contributed by atoms with E-state index in [0.29, 0.717) is 13.0 Å². The van der Waals surface area contributed by atoms with Crippen LogP contribution in [-0.2, 0) is 17.6 Å². The van der Waals surface area contributed by atoms with Crippen molar-refractivity contribution in [1.29, 1.82) is 0 Å². The highest BCUT2D eigenvalue weighted by molar-refractivity contribution is 7.99. The molecule has 0 radical (unpaired) electrons. The van der Waals surface area contributed by atoms with Crippen LogP contribution in [0.5, 0.6) is 0 Å². The Kier molecular flexibility index (Phi) is 5.39. The van der Waals surface area contributed by atoms with Gasteiger partial charge < -0.3 is 4.90 Å². The molecule has 1 aliphatic carbocycles. The zero-order chi connectivity index (χ0) is 20.7. The Labute approximate surface area is 179 Å². The Morgan fingerprint density at radius 1 is 1.17 bits per heavy atom. The molecular formula is C23H26FN3O2S. The van der Waals surface area contributed by atoms with E-state index >= 15 is 0 Å². The largest absolute Gasteiger partial charge is 0.342 e. The van der Waals surface area contributed by atoms with Crippen LogP contribution in [0, 0.1) is 5.82 Å². The fourth-order valence-corrected chi connectivity index (χ4v) is 6.16. The van der Waals surface area contributed by atoms with E-state index in [1.807, 2.05) is 17.0 Å². The molecule has 2 unspecified atom stereocenters. The minimum atomic E-state index is -0.233. The van der Waals surface area contributed by atoms with Crippen LogP contribution in [0.1, 0.15) is 60.9 Å². The summed E-state index contributed by atoms with van der Waals surface area (Å²) in [6.07, 6.45) is 6.08. The first-order valence-electron chi connectivity index (χ1n) is 10.9. The molecule has 1 aromatic heterocycles. The summed E-state index contributed by atoms with van der Waals surface area (Å²) in [7, 11) is 0. The lowest BCUT2D eigenvalue weighted by atomic mass is 9.94. The number of benzene rings is 1. The molecule has 2 aliphatic heterocycles. The summed E-state index contributed by atoms with van der Waals surface area (Å²) in [6, 6.07) is 6.55. The average Bonchev–Trinajstić information content (AvgIpc) is 3.29. The molecule has 1 amide bonds. The van der Waals surface area contributed by atoms with Crippen molar-refractivity contribution in [2.24, 2.45) is 0 Å². The summed E-state index contributed by atoms with van der Waals surface area (Å²) in [5.41, 5.74) is 2.97. The highest BCUT2D eigenvalue weighted by Gasteiger charge is 2.33. The Hall–Kier alpha value is -2.15. The van der Waals surface area contributed by atoms with Crippen LogP contribution in [0.15, 0.2) is 34.2 Å². The molecule has 2 atom stereocenters. The van der Waals surface area contributed by atoms with Crippen molar-refractivity contribution in [3.05, 3.63) is 57.3 Å². The molecular weight excluding hydrogens is 401 g/mol. The highest BCUT2D eigenvalue weighted by Crippen LogP contribution is 2.35. The van der Waals surface area contributed by atoms with E-state index in [0.717, 1.165) is 72.8 Å². The van der Waals surface area contributed by atoms with Gasteiger partial charge in [-0.1, -0.05) is 30.3 Å². The van der Waals surface area contributed by atoms with E-state index in [4.69, 9.17) is 4.98 Å². The van der Waals surface area contributed by atoms with Crippen molar-refractivity contribution < 1.29 is 9.18 Å². The van der Waals surface area contributed by atoms with Crippen molar-refractivity contribution in [3.63, 3.8) is 0 Å². The number of carbonyl (C=O) groups excluding carboxylic acids is 1. The van der Waals surface area contributed by atoms with Gasteiger partial charge in [0.15, 0.2) is 5.16 Å². The Morgan fingerprint density at radius 3 is 2.83 bits per heavy atom. The number of aromatic nitrogens is 2. The lowest BCUT2D eigenvalue weighted by Crippen LogP contribution is -2.37. The van der Waals surface area contributed by atoms with E-state index in [1.165, 1.54) is 12.1 Å². The Morgan fingerprint density at radius 2 is 2.00 bits per heavy atom. The molecule has 2 aromatic rings. The molecule has 158 valence electrons. The van der Waals surface area contributed by atoms with E-state index in [1.54, 1.807) is 16.3 Å². The number of hydrogen-bond donors (Lipinski definition) is 0. The standard InChI is InChI=1S/C23H26FN3O2S/c24-17-9-7-15(8-10-17)16-4-1-2-11-26(13-16)21(28)12-18-14-30-23-25-20-6-3-5-19(20)22(29)27(18)23/h7-10,16,18H,1-6,11-14H2. The summed E-state index contributed by atoms with van der Waals surface area (Å²) in [5, 5.41) is 0.776. The third-order valence-corrected chi connectivity index (χ3v) is 7.75. The normalized spacial score (nSPS) is 23.2. The lowest BCUT2D eigenvalue weighted by molar-refractivity contribution is -0.132. The fraction of sp³-hybridized carbons (Fsp3) is 0.522. The Bertz CT molecular complexity index is 1020. The number of likely N-dealkylation sites (tertiary alicyclic amines) is 1. The molecule has 30 heavy (non-hydrogen) atoms. The number of thioether (sulfide) groups is 1. The van der Waals surface area contributed by atoms with Crippen LogP contribution < -0.4 is 5.56 Å². The monoisotopic (exact) mass is 427 g/mol. The van der Waals surface area contributed by atoms with Crippen molar-refractivity contribution in [2.45, 2.75) is 62.1 Å². The molecule has 5 nitrogen and oxygen atoms in total. The average molecular weight is 428 g/mol. The van der Waals surface area contributed by atoms with Gasteiger partial charge in [-0.15, -0.1) is 0 Å². The summed E-state index contributed by atoms with van der Waals surface area (Å²) >= 11 is 1.59. The zero-order valence-corrected chi connectivity index (χ0v) is 17.8. The summed E-state index contributed by atoms with van der Waals surface area (Å²) < 4.78 is 15.1. The minimum Gasteiger partial charge on any atom is -0.342 e. The van der Waals surface area contributed by atoms with Gasteiger partial charge in [0.1, 0.15) is 5.82 Å². The van der Waals surface area contributed by atoms with E-state index in [9.17, 15) is 14.0 Å². The Balaban J connectivity index is 1.32. The molecule has 0 N–H and O–H groups in total. The maximum Gasteiger partial charge on any atom is 0.257 e. The SMILES string of the molecule is O=C(CC1CSc2nc3c(c(=O)n21)CCC3)N1CCCCC(c2ccc(F)cc2)C1. The second-order valence-corrected chi connectivity index (χ2v) is 9.59. The van der Waals surface area contributed by atoms with Gasteiger partial charge >= 0.3 is 0 Å². The number of aryl methyl sites for hydroxylation is 1. The van der Waals surface area contributed by atoms with Crippen LogP contribution in [0.3, 0.4) is 0 Å². The lowest BCUT2D eigenvalue weighted by Gasteiger charge is -2.26. The first-order valence-corrected chi connectivity index (χ1v) is 11.9. The van der Waals surface area contributed by atoms with Gasteiger partial charge in [-0.2, -0.15) is 0 Å². The topological polar surface area (TPSA) is 55.2 Å². The molecule has 3 aliphatic rings. The predicted molar refractivity (Wildman–Crippen MR) is 114 cm³/mol. The number of hydrogen-bond acceptors (Lipinski definition) is 4. The summed E-state index contributed by atoms with van der Waals surface area (Å²) in [5.74, 6) is 0.833. The summed E-state index contributed by atoms with van der Waals surface area (Å²) in [4.78, 5) is 32.9. The second-order valence-electron chi connectivity index (χ2n) is 8.60. The third-order valence-electron chi connectivity index (χ3n) is 6.65. The van der Waals surface area contributed by atoms with Crippen LogP contribution in [0.4, 0.5) is 4.39 Å². The molecule has 7 heteroatoms. The van der Waals surface area contributed by atoms with Gasteiger partial charge in [0.05, 0.1) is 11.7 Å². The first-order chi connectivity index (χ1) is 14.6. The van der Waals surface area contributed by atoms with Crippen molar-refractivity contribution in [2.75, 3.05) is 18.8 Å². The maximum absolute atomic E-state index is 13.3. The molecule has 0 spiro atoms. The van der Waals surface area contributed by atoms with Crippen molar-refractivity contribution in [1.82, 2.24) is 14.5 Å². The number of amides is 1. The smallest absolute Gasteiger partial charge is 0.257 e. The predicted octanol–water partition coefficient (Wildman–Crippen LogP) is 3.70. The van der Waals surface area contributed by atoms with Gasteiger partial charge in [-0.25, -0.2) is 9.37 Å². The highest BCUT2D eigenvalue weighted by atomic mass is 32.2. The van der Waals surface area contributed by atoms with Crippen LogP contribution in [0.25, 0.3) is 0 Å². The number of fused-ring (bicyclic) bond motifs is 2. The van der Waals surface area contributed by atoms with Gasteiger partial charge in [0.25, 0.3) is 5.56 Å². The molecule has 1 aromatic carbocycles. The van der Waals surface area contributed by atoms with Gasteiger partial charge in [-0.05, 0) is 49.8 Å². The molecule has 5 rings (SSSR count). The van der Waals surface area contributed by atoms with Crippen LogP contribution in [-0.4, -0.2) is 39.2 Å².